The van der Waals surface area contributed by atoms with Crippen LogP contribution in [0.4, 0.5) is 4.79 Å². The molecule has 0 unspecified atom stereocenters. The number of rotatable bonds is 2. The highest BCUT2D eigenvalue weighted by atomic mass is 16.7. The third kappa shape index (κ3) is 3.23. The molecular weight excluding hydrogens is 310 g/mol. The monoisotopic (exact) mass is 331 g/mol. The zero-order valence-electron chi connectivity index (χ0n) is 13.2. The largest absolute Gasteiger partial charge is 0.467 e. The number of hydroxylamine groups is 2. The highest BCUT2D eigenvalue weighted by Crippen LogP contribution is 2.28. The molecule has 0 spiro atoms. The summed E-state index contributed by atoms with van der Waals surface area (Å²) in [5.41, 5.74) is 0. The van der Waals surface area contributed by atoms with Gasteiger partial charge in [-0.1, -0.05) is 0 Å². The van der Waals surface area contributed by atoms with E-state index in [1.165, 1.54) is 26.1 Å². The van der Waals surface area contributed by atoms with E-state index in [2.05, 4.69) is 4.74 Å². The Kier molecular flexibility index (Phi) is 5.07. The van der Waals surface area contributed by atoms with Gasteiger partial charge in [0.1, 0.15) is 18.2 Å². The molecule has 0 aromatic rings. The van der Waals surface area contributed by atoms with Gasteiger partial charge in [0, 0.05) is 20.5 Å². The van der Waals surface area contributed by atoms with E-state index in [9.17, 15) is 24.6 Å². The van der Waals surface area contributed by atoms with Crippen molar-refractivity contribution in [1.82, 2.24) is 14.9 Å². The molecule has 10 heteroatoms. The second-order valence-corrected chi connectivity index (χ2v) is 5.67. The number of likely N-dealkylation sites (tertiary alicyclic amines) is 1. The van der Waals surface area contributed by atoms with Gasteiger partial charge in [-0.3, -0.25) is 9.69 Å². The van der Waals surface area contributed by atoms with Crippen molar-refractivity contribution >= 4 is 17.9 Å². The Labute approximate surface area is 133 Å². The van der Waals surface area contributed by atoms with Crippen LogP contribution in [-0.4, -0.2) is 95.2 Å². The van der Waals surface area contributed by atoms with Crippen molar-refractivity contribution in [2.24, 2.45) is 0 Å². The Bertz CT molecular complexity index is 498. The van der Waals surface area contributed by atoms with Crippen molar-refractivity contribution in [3.05, 3.63) is 0 Å². The zero-order chi connectivity index (χ0) is 17.3. The highest BCUT2D eigenvalue weighted by Gasteiger charge is 2.49. The molecule has 0 saturated carbocycles. The summed E-state index contributed by atoms with van der Waals surface area (Å²) in [4.78, 5) is 43.6. The van der Waals surface area contributed by atoms with Gasteiger partial charge in [-0.25, -0.2) is 14.4 Å². The molecule has 0 aromatic heterocycles. The average Bonchev–Trinajstić information content (AvgIpc) is 2.89. The molecule has 0 radical (unpaired) electrons. The van der Waals surface area contributed by atoms with Crippen LogP contribution in [0.15, 0.2) is 0 Å². The van der Waals surface area contributed by atoms with E-state index in [4.69, 9.17) is 4.84 Å². The van der Waals surface area contributed by atoms with Crippen LogP contribution in [0.5, 0.6) is 0 Å². The molecule has 4 atom stereocenters. The fourth-order valence-electron chi connectivity index (χ4n) is 2.65. The van der Waals surface area contributed by atoms with E-state index in [1.807, 2.05) is 0 Å². The maximum Gasteiger partial charge on any atom is 0.343 e. The van der Waals surface area contributed by atoms with Crippen molar-refractivity contribution < 1.29 is 34.2 Å². The SMILES string of the molecule is COC(=O)[C@@H]1CCC(=O)N1[C@H]1ON(C(=O)N(C)C)C[C@H](O)[C@@H]1O. The van der Waals surface area contributed by atoms with Crippen LogP contribution in [0.2, 0.25) is 0 Å². The molecule has 2 aliphatic heterocycles. The summed E-state index contributed by atoms with van der Waals surface area (Å²) in [5, 5.41) is 21.0. The van der Waals surface area contributed by atoms with Crippen LogP contribution in [0.1, 0.15) is 12.8 Å². The quantitative estimate of drug-likeness (QED) is 0.569. The molecular formula is C13H21N3O7. The van der Waals surface area contributed by atoms with E-state index in [1.54, 1.807) is 0 Å². The number of aliphatic hydroxyl groups is 2. The summed E-state index contributed by atoms with van der Waals surface area (Å²) in [5.74, 6) is -1.06. The third-order valence-corrected chi connectivity index (χ3v) is 3.87. The van der Waals surface area contributed by atoms with Gasteiger partial charge in [0.05, 0.1) is 13.7 Å². The van der Waals surface area contributed by atoms with Crippen LogP contribution in [0.25, 0.3) is 0 Å². The van der Waals surface area contributed by atoms with E-state index in [0.29, 0.717) is 0 Å². The van der Waals surface area contributed by atoms with Gasteiger partial charge in [-0.2, -0.15) is 5.06 Å². The Morgan fingerprint density at radius 2 is 2.00 bits per heavy atom. The number of carbonyl (C=O) groups is 3. The molecule has 2 rings (SSSR count). The fraction of sp³-hybridized carbons (Fsp3) is 0.769. The maximum absolute atomic E-state index is 12.1. The van der Waals surface area contributed by atoms with Crippen LogP contribution >= 0.6 is 0 Å². The number of aliphatic hydroxyl groups excluding tert-OH is 2. The first-order valence-electron chi connectivity index (χ1n) is 7.18. The normalized spacial score (nSPS) is 31.3. The lowest BCUT2D eigenvalue weighted by Crippen LogP contribution is -2.64. The number of esters is 1. The van der Waals surface area contributed by atoms with Crippen molar-refractivity contribution in [3.63, 3.8) is 0 Å². The first kappa shape index (κ1) is 17.4. The summed E-state index contributed by atoms with van der Waals surface area (Å²) >= 11 is 0. The Hall–Kier alpha value is -1.91. The van der Waals surface area contributed by atoms with Crippen LogP contribution in [-0.2, 0) is 19.2 Å². The molecule has 2 saturated heterocycles. The number of hydrogen-bond donors (Lipinski definition) is 2. The number of carbonyl (C=O) groups excluding carboxylic acids is 3. The molecule has 23 heavy (non-hydrogen) atoms. The number of urea groups is 1. The molecule has 2 N–H and O–H groups in total. The minimum Gasteiger partial charge on any atom is -0.467 e. The predicted molar refractivity (Wildman–Crippen MR) is 74.6 cm³/mol. The topological polar surface area (TPSA) is 120 Å². The smallest absolute Gasteiger partial charge is 0.343 e. The maximum atomic E-state index is 12.1. The van der Waals surface area contributed by atoms with Gasteiger partial charge < -0.3 is 19.8 Å². The lowest BCUT2D eigenvalue weighted by atomic mass is 10.1. The minimum atomic E-state index is -1.45. The number of β-amino-alcohol motifs (C(OH)–C–C–N with tert-alkyl or cyclic N) is 1. The van der Waals surface area contributed by atoms with Crippen LogP contribution in [0.3, 0.4) is 0 Å². The van der Waals surface area contributed by atoms with Crippen molar-refractivity contribution in [2.45, 2.75) is 37.3 Å². The first-order valence-corrected chi connectivity index (χ1v) is 7.18. The van der Waals surface area contributed by atoms with Crippen molar-refractivity contribution in [2.75, 3.05) is 27.7 Å². The van der Waals surface area contributed by atoms with Gasteiger partial charge in [0.25, 0.3) is 0 Å². The zero-order valence-corrected chi connectivity index (χ0v) is 13.2. The minimum absolute atomic E-state index is 0.0874. The number of amides is 3. The van der Waals surface area contributed by atoms with Crippen LogP contribution < -0.4 is 0 Å². The Morgan fingerprint density at radius 3 is 2.57 bits per heavy atom. The Morgan fingerprint density at radius 1 is 1.35 bits per heavy atom. The molecule has 3 amide bonds. The van der Waals surface area contributed by atoms with Gasteiger partial charge in [0.15, 0.2) is 6.23 Å². The summed E-state index contributed by atoms with van der Waals surface area (Å²) in [7, 11) is 4.19. The van der Waals surface area contributed by atoms with E-state index in [0.717, 1.165) is 9.96 Å². The number of methoxy groups -OCH3 is 1. The number of ether oxygens (including phenoxy) is 1. The highest BCUT2D eigenvalue weighted by molar-refractivity contribution is 5.88. The van der Waals surface area contributed by atoms with E-state index < -0.39 is 42.4 Å². The van der Waals surface area contributed by atoms with Gasteiger partial charge in [-0.05, 0) is 6.42 Å². The predicted octanol–water partition coefficient (Wildman–Crippen LogP) is -1.87. The molecule has 2 fully saturated rings. The Balaban J connectivity index is 2.25. The summed E-state index contributed by atoms with van der Waals surface area (Å²) < 4.78 is 4.66. The fourth-order valence-corrected chi connectivity index (χ4v) is 2.65. The van der Waals surface area contributed by atoms with Gasteiger partial charge in [0.2, 0.25) is 5.91 Å². The molecule has 0 aromatic carbocycles. The van der Waals surface area contributed by atoms with Crippen molar-refractivity contribution in [1.29, 1.82) is 0 Å². The number of nitrogens with zero attached hydrogens (tertiary/aromatic N) is 3. The first-order chi connectivity index (χ1) is 10.8. The third-order valence-electron chi connectivity index (χ3n) is 3.87. The molecule has 10 nitrogen and oxygen atoms in total. The molecule has 0 bridgehead atoms. The summed E-state index contributed by atoms with van der Waals surface area (Å²) in [6.07, 6.45) is -3.80. The summed E-state index contributed by atoms with van der Waals surface area (Å²) in [6, 6.07) is -1.48. The van der Waals surface area contributed by atoms with Crippen LogP contribution in [0, 0.1) is 0 Å². The molecule has 0 aliphatic carbocycles. The molecule has 130 valence electrons. The molecule has 2 aliphatic rings. The van der Waals surface area contributed by atoms with Crippen molar-refractivity contribution in [3.8, 4) is 0 Å². The molecule has 2 heterocycles. The van der Waals surface area contributed by atoms with Gasteiger partial charge in [-0.15, -0.1) is 0 Å². The lowest BCUT2D eigenvalue weighted by molar-refractivity contribution is -0.292. The standard InChI is InChI=1S/C13H21N3O7/c1-14(2)13(21)15-6-8(17)10(19)11(23-15)16-7(12(20)22-3)4-5-9(16)18/h7-8,10-11,17,19H,4-6H2,1-3H3/t7-,8-,10-,11-/m0/s1. The summed E-state index contributed by atoms with van der Waals surface area (Å²) in [6.45, 7) is -0.250. The second-order valence-electron chi connectivity index (χ2n) is 5.67. The lowest BCUT2D eigenvalue weighted by Gasteiger charge is -2.43. The van der Waals surface area contributed by atoms with Gasteiger partial charge >= 0.3 is 12.0 Å². The number of hydrogen-bond acceptors (Lipinski definition) is 7. The van der Waals surface area contributed by atoms with E-state index in [-0.39, 0.29) is 19.4 Å². The average molecular weight is 331 g/mol. The second kappa shape index (κ2) is 6.69. The van der Waals surface area contributed by atoms with E-state index >= 15 is 0 Å².